The lowest BCUT2D eigenvalue weighted by Gasteiger charge is -2.46. The fourth-order valence-corrected chi connectivity index (χ4v) is 12.5. The number of aliphatic hydroxyl groups excluding tert-OH is 10. The van der Waals surface area contributed by atoms with Crippen molar-refractivity contribution in [1.82, 2.24) is 16.0 Å². The molecule has 6 rings (SSSR count). The van der Waals surface area contributed by atoms with Gasteiger partial charge in [-0.15, -0.1) is 0 Å². The van der Waals surface area contributed by atoms with Crippen molar-refractivity contribution in [3.8, 4) is 0 Å². The minimum absolute atomic E-state index is 0.0792. The summed E-state index contributed by atoms with van der Waals surface area (Å²) in [5.74, 6) is -5.86. The fourth-order valence-electron chi connectivity index (χ4n) is 11.3. The van der Waals surface area contributed by atoms with Gasteiger partial charge in [0, 0.05) is 58.3 Å². The Morgan fingerprint density at radius 3 is 1.42 bits per heavy atom. The van der Waals surface area contributed by atoms with Crippen molar-refractivity contribution in [3.05, 3.63) is 12.7 Å². The number of aliphatic hydroxyl groups is 10. The summed E-state index contributed by atoms with van der Waals surface area (Å²) in [5.41, 5.74) is 0. The number of carboxylic acids is 1. The van der Waals surface area contributed by atoms with E-state index in [1.807, 2.05) is 0 Å². The summed E-state index contributed by atoms with van der Waals surface area (Å²) < 4.78 is 73.6. The van der Waals surface area contributed by atoms with Crippen LogP contribution in [0.25, 0.3) is 0 Å². The van der Waals surface area contributed by atoms with Gasteiger partial charge < -0.3 is 134 Å². The molecule has 14 N–H and O–H groups in total. The van der Waals surface area contributed by atoms with E-state index in [0.717, 1.165) is 51.2 Å². The zero-order chi connectivity index (χ0) is 75.8. The Labute approximate surface area is 598 Å². The quantitative estimate of drug-likeness (QED) is 0.00517. The summed E-state index contributed by atoms with van der Waals surface area (Å²) in [5, 5.41) is 127. The Morgan fingerprint density at radius 1 is 0.534 bits per heavy atom. The number of aliphatic carboxylic acids is 1. The molecule has 0 spiro atoms. The number of hydrogen-bond acceptors (Lipinski definition) is 39. The highest BCUT2D eigenvalue weighted by atomic mass is 32.2. The Hall–Kier alpha value is -4.80. The van der Waals surface area contributed by atoms with Crippen molar-refractivity contribution >= 4 is 72.0 Å². The molecule has 6 aliphatic rings. The van der Waals surface area contributed by atoms with Gasteiger partial charge in [0.05, 0.1) is 63.7 Å². The molecular formula is C60H95N3O38S2. The molecule has 0 aromatic heterocycles. The summed E-state index contributed by atoms with van der Waals surface area (Å²) in [7, 11) is 1.18. The van der Waals surface area contributed by atoms with Crippen molar-refractivity contribution in [2.24, 2.45) is 0 Å². The van der Waals surface area contributed by atoms with Crippen LogP contribution in [-0.4, -0.2) is 346 Å². The van der Waals surface area contributed by atoms with Crippen molar-refractivity contribution in [1.29, 1.82) is 0 Å². The monoisotopic (exact) mass is 1530 g/mol. The molecule has 43 heteroatoms. The fraction of sp³-hybridized carbons (Fsp3) is 0.833. The highest BCUT2D eigenvalue weighted by Crippen LogP contribution is 2.36. The molecule has 6 heterocycles. The Bertz CT molecular complexity index is 2700. The molecule has 13 unspecified atom stereocenters. The number of hydrogen-bond donors (Lipinski definition) is 15. The molecule has 28 atom stereocenters. The number of nitrogens with one attached hydrogen (secondary N) is 3. The predicted octanol–water partition coefficient (Wildman–Crippen LogP) is -7.01. The van der Waals surface area contributed by atoms with Gasteiger partial charge >= 0.3 is 29.8 Å². The number of thiol groups is 1. The van der Waals surface area contributed by atoms with Crippen molar-refractivity contribution in [2.45, 2.75) is 244 Å². The molecule has 0 saturated carbocycles. The second kappa shape index (κ2) is 43.3. The number of carbonyl (C=O) groups is 8. The first kappa shape index (κ1) is 87.1. The third-order valence-electron chi connectivity index (χ3n) is 16.5. The third-order valence-corrected chi connectivity index (χ3v) is 17.9. The molecule has 6 fully saturated rings. The number of ether oxygens (including phenoxy) is 13. The van der Waals surface area contributed by atoms with Crippen LogP contribution >= 0.6 is 24.4 Å². The third kappa shape index (κ3) is 26.0. The summed E-state index contributed by atoms with van der Waals surface area (Å²) >= 11 is 5.73. The first-order valence-corrected chi connectivity index (χ1v) is 34.7. The molecule has 0 radical (unpaired) electrons. The topological polar surface area (TPSA) is 571 Å². The van der Waals surface area contributed by atoms with E-state index >= 15 is 0 Å². The van der Waals surface area contributed by atoms with Gasteiger partial charge in [0.1, 0.15) is 118 Å². The summed E-state index contributed by atoms with van der Waals surface area (Å²) in [6, 6.07) is -3.86. The molecule has 0 bridgehead atoms. The largest absolute Gasteiger partial charge is 0.479 e. The number of rotatable bonds is 39. The van der Waals surface area contributed by atoms with Crippen LogP contribution in [0.15, 0.2) is 12.7 Å². The van der Waals surface area contributed by atoms with E-state index in [4.69, 9.17) is 90.9 Å². The molecule has 41 nitrogen and oxygen atoms in total. The van der Waals surface area contributed by atoms with E-state index in [2.05, 4.69) is 35.2 Å². The lowest BCUT2D eigenvalue weighted by atomic mass is 9.97. The average Bonchev–Trinajstić information content (AvgIpc) is 0.788. The first-order valence-electron chi connectivity index (χ1n) is 32.9. The van der Waals surface area contributed by atoms with Crippen LogP contribution < -0.4 is 16.0 Å². The zero-order valence-electron chi connectivity index (χ0n) is 56.8. The maximum atomic E-state index is 14.1. The lowest BCUT2D eigenvalue weighted by molar-refractivity contribution is -0.461. The highest BCUT2D eigenvalue weighted by Gasteiger charge is 2.57. The Morgan fingerprint density at radius 2 is 0.971 bits per heavy atom. The van der Waals surface area contributed by atoms with Crippen molar-refractivity contribution in [3.63, 3.8) is 0 Å². The Balaban J connectivity index is 1.14. The van der Waals surface area contributed by atoms with Crippen LogP contribution in [-0.2, 0) is 129 Å². The summed E-state index contributed by atoms with van der Waals surface area (Å²) in [4.78, 5) is 134. The molecule has 6 saturated heterocycles. The standard InChI is InChI=1S/C60H95N3O38S2/c1-7-42(73)84-21-29(70)24-87-55(82)52-50(94-58-33(63-28(5)69)16-37(41(20-66)92-58)98-100-59-46(77)44(75)49(51(95-59)53(79)80)93-57-32(62-27(4)68)14-35(97-83-6)39(18-64)91-57)45(76)47(78)60(96-52)101-99-36-15-31(61-26(3)67)56(90-40(36)19-65)89-38-17-34(72)25(2)88-48(38)54(81)86-23-30(71)22-85-43(74)10-13-103-12-9-8-11-102/h7,25,29-41,44-52,56-60,64-66,70-72,75-78,102H,1,8-24H2,2-6H3,(H,61,67)(H,62,68)(H,63,69)(H,79,80)/t25?,29?,30?,31-,32-,33-,34?,35-,36-,37-,38+,39-,40-,41-,44?,45?,46?,47?,48?,49+,50+,51?,52?,56+,57-,58-,59?,60?/m0/s1. The van der Waals surface area contributed by atoms with Gasteiger partial charge in [-0.1, -0.05) is 6.58 Å². The van der Waals surface area contributed by atoms with Crippen LogP contribution in [0.5, 0.6) is 0 Å². The number of esters is 4. The molecule has 0 aliphatic carbocycles. The minimum Gasteiger partial charge on any atom is -0.479 e. The average molecular weight is 1530 g/mol. The van der Waals surface area contributed by atoms with Crippen molar-refractivity contribution < 1.29 is 185 Å². The van der Waals surface area contributed by atoms with Gasteiger partial charge in [0.15, 0.2) is 37.2 Å². The van der Waals surface area contributed by atoms with Gasteiger partial charge in [0.25, 0.3) is 0 Å². The number of amides is 3. The van der Waals surface area contributed by atoms with E-state index in [1.54, 1.807) is 11.8 Å². The Kier molecular flexibility index (Phi) is 36.6. The van der Waals surface area contributed by atoms with Gasteiger partial charge in [-0.25, -0.2) is 48.5 Å². The minimum atomic E-state index is -2.34. The van der Waals surface area contributed by atoms with Crippen LogP contribution in [0.1, 0.15) is 72.6 Å². The first-order chi connectivity index (χ1) is 49.0. The predicted molar refractivity (Wildman–Crippen MR) is 337 cm³/mol. The second-order valence-electron chi connectivity index (χ2n) is 24.5. The van der Waals surface area contributed by atoms with Gasteiger partial charge in [-0.2, -0.15) is 24.4 Å². The number of thioether (sulfide) groups is 1. The van der Waals surface area contributed by atoms with Crippen LogP contribution in [0.3, 0.4) is 0 Å². The molecule has 103 heavy (non-hydrogen) atoms. The van der Waals surface area contributed by atoms with Crippen LogP contribution in [0.2, 0.25) is 0 Å². The smallest absolute Gasteiger partial charge is 0.338 e. The molecule has 0 aromatic carbocycles. The zero-order valence-corrected chi connectivity index (χ0v) is 58.5. The molecule has 0 aromatic rings. The molecule has 6 aliphatic heterocycles. The summed E-state index contributed by atoms with van der Waals surface area (Å²) in [6.45, 7) is 2.61. The van der Waals surface area contributed by atoms with E-state index in [1.165, 1.54) is 14.0 Å². The van der Waals surface area contributed by atoms with E-state index in [-0.39, 0.29) is 19.3 Å². The van der Waals surface area contributed by atoms with Crippen LogP contribution in [0, 0.1) is 0 Å². The number of carbonyl (C=O) groups excluding carboxylic acids is 7. The summed E-state index contributed by atoms with van der Waals surface area (Å²) in [6.07, 6.45) is -42.5. The molecule has 3 amide bonds. The number of carboxylic acid groups (broad SMARTS) is 1. The molecule has 590 valence electrons. The maximum Gasteiger partial charge on any atom is 0.338 e. The van der Waals surface area contributed by atoms with Crippen molar-refractivity contribution in [2.75, 3.05) is 70.6 Å². The van der Waals surface area contributed by atoms with E-state index < -0.39 is 278 Å². The SMILES string of the molecule is C=CC(=O)OCC(O)COC(=O)C1OC(OO[C@H]2C[C@H](NC(C)=O)[C@H](O[C@@H]3CC(O)C(C)OC3C(=O)OCC(O)COC(=O)CCSCCCCS)O[C@H]2CO)C(O)C(O)[C@H]1O[C@@H]1O[C@@H](CO)[C@@H](OOC2OC(C(=O)O)[C@H](O[C@@H]3O[C@@H](CO)[C@@H](OOC)C[C@@H]3NC(C)=O)C(O)C2O)C[C@@H]1NC(C)=O. The highest BCUT2D eigenvalue weighted by molar-refractivity contribution is 7.99. The van der Waals surface area contributed by atoms with E-state index in [0.29, 0.717) is 5.75 Å². The second-order valence-corrected chi connectivity index (χ2v) is 26.2. The van der Waals surface area contributed by atoms with E-state index in [9.17, 15) is 94.5 Å². The van der Waals surface area contributed by atoms with Gasteiger partial charge in [-0.3, -0.25) is 19.2 Å². The number of unbranched alkanes of at least 4 members (excludes halogenated alkanes) is 1. The van der Waals surface area contributed by atoms with Crippen LogP contribution in [0.4, 0.5) is 0 Å². The van der Waals surface area contributed by atoms with Gasteiger partial charge in [0.2, 0.25) is 30.3 Å². The molecular weight excluding hydrogens is 1430 g/mol. The van der Waals surface area contributed by atoms with Gasteiger partial charge in [-0.05, 0) is 31.3 Å². The lowest BCUT2D eigenvalue weighted by Crippen LogP contribution is -2.65. The normalized spacial score (nSPS) is 36.0. The maximum absolute atomic E-state index is 14.1.